The van der Waals surface area contributed by atoms with Gasteiger partial charge in [0.2, 0.25) is 0 Å². The third-order valence-electron chi connectivity index (χ3n) is 8.32. The fourth-order valence-corrected chi connectivity index (χ4v) is 6.63. The first-order chi connectivity index (χ1) is 18.2. The molecule has 2 aliphatic carbocycles. The highest BCUT2D eigenvalue weighted by Crippen LogP contribution is 2.48. The van der Waals surface area contributed by atoms with Gasteiger partial charge in [0.25, 0.3) is 47.3 Å². The number of hydrogen-bond acceptors (Lipinski definition) is 8. The maximum Gasteiger partial charge on any atom is 0.254 e. The van der Waals surface area contributed by atoms with Crippen LogP contribution < -0.4 is 0 Å². The molecule has 4 heterocycles. The average molecular weight is 518 g/mol. The SMILES string of the molecule is O=C1C=CC(=O)N1C1C(CC2CCC2)C(N2C(=O)C=CC2=O)C(N2C(=O)C=CC2=O)C1N1C(=O)C=CC1=O. The summed E-state index contributed by atoms with van der Waals surface area (Å²) in [6, 6.07) is -5.17. The van der Waals surface area contributed by atoms with Crippen LogP contribution in [0.5, 0.6) is 0 Å². The number of rotatable bonds is 6. The van der Waals surface area contributed by atoms with Crippen molar-refractivity contribution in [1.29, 1.82) is 0 Å². The summed E-state index contributed by atoms with van der Waals surface area (Å²) in [5, 5.41) is 0. The molecule has 2 fully saturated rings. The maximum atomic E-state index is 13.0. The second-order valence-corrected chi connectivity index (χ2v) is 10.2. The molecule has 0 aromatic rings. The van der Waals surface area contributed by atoms with Gasteiger partial charge in [0.1, 0.15) is 0 Å². The van der Waals surface area contributed by atoms with Crippen LogP contribution in [0.25, 0.3) is 0 Å². The standard InChI is InChI=1S/C26H22N4O8/c31-15-4-5-16(32)27(15)23-14(12-13-2-1-3-13)24(28-17(33)6-7-18(28)34)26(30-21(37)10-11-22(30)38)25(23)29-19(35)8-9-20(29)36/h4-11,13-14,23-26H,1-3,12H2. The molecule has 38 heavy (non-hydrogen) atoms. The van der Waals surface area contributed by atoms with Gasteiger partial charge in [-0.15, -0.1) is 0 Å². The van der Waals surface area contributed by atoms with Crippen LogP contribution in [-0.2, 0) is 38.4 Å². The monoisotopic (exact) mass is 518 g/mol. The fraction of sp³-hybridized carbons (Fsp3) is 0.385. The Balaban J connectivity index is 1.58. The Hall–Kier alpha value is -4.48. The minimum Gasteiger partial charge on any atom is -0.270 e. The summed E-state index contributed by atoms with van der Waals surface area (Å²) in [5.41, 5.74) is 0. The number of amides is 8. The Bertz CT molecular complexity index is 1190. The van der Waals surface area contributed by atoms with Crippen LogP contribution in [0.3, 0.4) is 0 Å². The van der Waals surface area contributed by atoms with E-state index in [4.69, 9.17) is 0 Å². The summed E-state index contributed by atoms with van der Waals surface area (Å²) in [4.78, 5) is 108. The van der Waals surface area contributed by atoms with Crippen molar-refractivity contribution in [3.05, 3.63) is 48.6 Å². The van der Waals surface area contributed by atoms with Crippen LogP contribution in [0.15, 0.2) is 48.6 Å². The molecule has 0 aromatic carbocycles. The minimum atomic E-state index is -1.39. The highest BCUT2D eigenvalue weighted by atomic mass is 16.2. The molecule has 6 rings (SSSR count). The lowest BCUT2D eigenvalue weighted by Gasteiger charge is -2.39. The van der Waals surface area contributed by atoms with E-state index in [0.29, 0.717) is 6.42 Å². The summed E-state index contributed by atoms with van der Waals surface area (Å²) in [6.07, 6.45) is 11.3. The number of carbonyl (C=O) groups excluding carboxylic acids is 8. The van der Waals surface area contributed by atoms with E-state index in [1.165, 1.54) is 0 Å². The Morgan fingerprint density at radius 3 is 0.947 bits per heavy atom. The second-order valence-electron chi connectivity index (χ2n) is 10.2. The molecule has 12 nitrogen and oxygen atoms in total. The topological polar surface area (TPSA) is 150 Å². The summed E-state index contributed by atoms with van der Waals surface area (Å²) in [7, 11) is 0. The van der Waals surface area contributed by atoms with Gasteiger partial charge in [0.05, 0.1) is 24.2 Å². The van der Waals surface area contributed by atoms with Crippen molar-refractivity contribution in [3.63, 3.8) is 0 Å². The largest absolute Gasteiger partial charge is 0.270 e. The predicted molar refractivity (Wildman–Crippen MR) is 125 cm³/mol. The van der Waals surface area contributed by atoms with E-state index in [0.717, 1.165) is 87.5 Å². The molecule has 0 saturated heterocycles. The summed E-state index contributed by atoms with van der Waals surface area (Å²) >= 11 is 0. The van der Waals surface area contributed by atoms with Gasteiger partial charge in [-0.25, -0.2) is 0 Å². The van der Waals surface area contributed by atoms with Crippen molar-refractivity contribution in [3.8, 4) is 0 Å². The number of carbonyl (C=O) groups is 8. The van der Waals surface area contributed by atoms with Gasteiger partial charge in [-0.2, -0.15) is 0 Å². The summed E-state index contributed by atoms with van der Waals surface area (Å²) in [5.74, 6) is -6.48. The molecular weight excluding hydrogens is 496 g/mol. The quantitative estimate of drug-likeness (QED) is 0.406. The predicted octanol–water partition coefficient (Wildman–Crippen LogP) is -1.02. The summed E-state index contributed by atoms with van der Waals surface area (Å²) < 4.78 is 0. The van der Waals surface area contributed by atoms with Gasteiger partial charge in [0.15, 0.2) is 0 Å². The lowest BCUT2D eigenvalue weighted by molar-refractivity contribution is -0.153. The Labute approximate surface area is 215 Å². The van der Waals surface area contributed by atoms with Crippen LogP contribution in [0, 0.1) is 11.8 Å². The van der Waals surface area contributed by atoms with E-state index >= 15 is 0 Å². The molecule has 12 heteroatoms. The normalized spacial score (nSPS) is 33.0. The van der Waals surface area contributed by atoms with Crippen molar-refractivity contribution in [2.24, 2.45) is 11.8 Å². The summed E-state index contributed by atoms with van der Waals surface area (Å²) in [6.45, 7) is 0. The molecule has 6 aliphatic rings. The number of imide groups is 4. The molecule has 4 unspecified atom stereocenters. The first-order valence-electron chi connectivity index (χ1n) is 12.4. The molecule has 4 atom stereocenters. The van der Waals surface area contributed by atoms with Crippen LogP contribution in [0.4, 0.5) is 0 Å². The lowest BCUT2D eigenvalue weighted by Crippen LogP contribution is -2.63. The molecule has 0 N–H and O–H groups in total. The van der Waals surface area contributed by atoms with E-state index in [9.17, 15) is 38.4 Å². The zero-order chi connectivity index (χ0) is 26.9. The Kier molecular flexibility index (Phi) is 5.37. The fourth-order valence-electron chi connectivity index (χ4n) is 6.63. The molecule has 0 spiro atoms. The molecular formula is C26H22N4O8. The number of hydrogen-bond donors (Lipinski definition) is 0. The van der Waals surface area contributed by atoms with Crippen LogP contribution >= 0.6 is 0 Å². The molecule has 194 valence electrons. The van der Waals surface area contributed by atoms with E-state index < -0.39 is 77.3 Å². The second kappa shape index (κ2) is 8.54. The third kappa shape index (κ3) is 3.36. The van der Waals surface area contributed by atoms with E-state index in [2.05, 4.69) is 0 Å². The zero-order valence-corrected chi connectivity index (χ0v) is 20.0. The van der Waals surface area contributed by atoms with Gasteiger partial charge >= 0.3 is 0 Å². The smallest absolute Gasteiger partial charge is 0.254 e. The van der Waals surface area contributed by atoms with Crippen molar-refractivity contribution in [2.75, 3.05) is 0 Å². The molecule has 4 aliphatic heterocycles. The van der Waals surface area contributed by atoms with Crippen LogP contribution in [-0.4, -0.2) is 91.0 Å². The average Bonchev–Trinajstić information content (AvgIpc) is 3.61. The van der Waals surface area contributed by atoms with Crippen molar-refractivity contribution < 1.29 is 38.4 Å². The zero-order valence-electron chi connectivity index (χ0n) is 20.0. The first kappa shape index (κ1) is 23.9. The van der Waals surface area contributed by atoms with Gasteiger partial charge in [-0.1, -0.05) is 19.3 Å². The maximum absolute atomic E-state index is 13.0. The first-order valence-corrected chi connectivity index (χ1v) is 12.4. The third-order valence-corrected chi connectivity index (χ3v) is 8.32. The highest BCUT2D eigenvalue weighted by molar-refractivity contribution is 6.17. The highest BCUT2D eigenvalue weighted by Gasteiger charge is 2.65. The van der Waals surface area contributed by atoms with E-state index in [-0.39, 0.29) is 5.92 Å². The molecule has 2 saturated carbocycles. The lowest BCUT2D eigenvalue weighted by atomic mass is 9.76. The van der Waals surface area contributed by atoms with Crippen molar-refractivity contribution in [1.82, 2.24) is 19.6 Å². The van der Waals surface area contributed by atoms with Crippen LogP contribution in [0.2, 0.25) is 0 Å². The van der Waals surface area contributed by atoms with Gasteiger partial charge in [-0.3, -0.25) is 58.0 Å². The Morgan fingerprint density at radius 2 is 0.711 bits per heavy atom. The van der Waals surface area contributed by atoms with Gasteiger partial charge < -0.3 is 0 Å². The van der Waals surface area contributed by atoms with Crippen molar-refractivity contribution in [2.45, 2.75) is 49.9 Å². The number of nitrogens with zero attached hydrogens (tertiary/aromatic N) is 4. The Morgan fingerprint density at radius 1 is 0.447 bits per heavy atom. The van der Waals surface area contributed by atoms with E-state index in [1.54, 1.807) is 0 Å². The van der Waals surface area contributed by atoms with Gasteiger partial charge in [0, 0.05) is 54.5 Å². The molecule has 0 radical (unpaired) electrons. The van der Waals surface area contributed by atoms with Gasteiger partial charge in [-0.05, 0) is 12.3 Å². The molecule has 8 amide bonds. The molecule has 0 bridgehead atoms. The van der Waals surface area contributed by atoms with Crippen LogP contribution in [0.1, 0.15) is 25.7 Å². The minimum absolute atomic E-state index is 0.122. The van der Waals surface area contributed by atoms with Crippen molar-refractivity contribution >= 4 is 47.3 Å². The molecule has 0 aromatic heterocycles. The van der Waals surface area contributed by atoms with E-state index in [1.807, 2.05) is 0 Å².